The molecule has 5 nitrogen and oxygen atoms in total. The maximum atomic E-state index is 13.6. The summed E-state index contributed by atoms with van der Waals surface area (Å²) in [4.78, 5) is 16.8. The van der Waals surface area contributed by atoms with Gasteiger partial charge in [-0.1, -0.05) is 0 Å². The van der Waals surface area contributed by atoms with Gasteiger partial charge in [-0.3, -0.25) is 4.79 Å². The van der Waals surface area contributed by atoms with Crippen LogP contribution in [0.4, 0.5) is 10.1 Å². The lowest BCUT2D eigenvalue weighted by Crippen LogP contribution is -2.15. The number of carbonyl (C=O) groups is 1. The summed E-state index contributed by atoms with van der Waals surface area (Å²) in [5.41, 5.74) is 4.26. The molecule has 3 aromatic rings. The van der Waals surface area contributed by atoms with Gasteiger partial charge in [0, 0.05) is 29.8 Å². The Kier molecular flexibility index (Phi) is 9.75. The van der Waals surface area contributed by atoms with Crippen molar-refractivity contribution in [3.63, 3.8) is 0 Å². The van der Waals surface area contributed by atoms with Gasteiger partial charge in [0.25, 0.3) is 0 Å². The number of halogens is 3. The third-order valence-electron chi connectivity index (χ3n) is 4.76. The molecule has 0 radical (unpaired) electrons. The topological polar surface area (TPSA) is 59.0 Å². The van der Waals surface area contributed by atoms with E-state index in [1.165, 1.54) is 12.1 Å². The van der Waals surface area contributed by atoms with Crippen LogP contribution in [-0.2, 0) is 4.79 Å². The fourth-order valence-corrected chi connectivity index (χ4v) is 3.38. The molecule has 164 valence electrons. The van der Waals surface area contributed by atoms with Crippen LogP contribution in [0.2, 0.25) is 0 Å². The van der Waals surface area contributed by atoms with Crippen LogP contribution in [0.1, 0.15) is 38.3 Å². The van der Waals surface area contributed by atoms with E-state index in [-0.39, 0.29) is 42.6 Å². The maximum absolute atomic E-state index is 13.6. The molecule has 2 aromatic carbocycles. The Labute approximate surface area is 189 Å². The summed E-state index contributed by atoms with van der Waals surface area (Å²) in [7, 11) is 1.87. The number of anilines is 1. The Morgan fingerprint density at radius 3 is 2.53 bits per heavy atom. The van der Waals surface area contributed by atoms with E-state index in [0.29, 0.717) is 11.9 Å². The second kappa shape index (κ2) is 11.3. The lowest BCUT2D eigenvalue weighted by molar-refractivity contribution is -0.116. The Bertz CT molecular complexity index is 1000. The molecule has 1 amide bonds. The number of rotatable bonds is 7. The number of carbonyl (C=O) groups excluding carboxylic acids is 1. The van der Waals surface area contributed by atoms with E-state index < -0.39 is 0 Å². The third-order valence-corrected chi connectivity index (χ3v) is 4.76. The Balaban J connectivity index is 0.00000225. The number of amides is 1. The average Bonchev–Trinajstić information content (AvgIpc) is 3.02. The molecular weight excluding hydrogens is 426 g/mol. The minimum atomic E-state index is -0.292. The van der Waals surface area contributed by atoms with Crippen LogP contribution in [0.25, 0.3) is 22.4 Å². The smallest absolute Gasteiger partial charge is 0.224 e. The predicted octanol–water partition coefficient (Wildman–Crippen LogP) is 5.51. The first-order valence-corrected chi connectivity index (χ1v) is 9.63. The molecule has 0 saturated heterocycles. The lowest BCUT2D eigenvalue weighted by Gasteiger charge is -2.15. The largest absolute Gasteiger partial charge is 0.326 e. The van der Waals surface area contributed by atoms with E-state index >= 15 is 0 Å². The van der Waals surface area contributed by atoms with Gasteiger partial charge in [0.2, 0.25) is 5.91 Å². The summed E-state index contributed by atoms with van der Waals surface area (Å²) in [6.45, 7) is 6.95. The molecule has 0 bridgehead atoms. The molecule has 1 heterocycles. The second-order valence-electron chi connectivity index (χ2n) is 7.32. The van der Waals surface area contributed by atoms with Crippen molar-refractivity contribution in [1.29, 1.82) is 0 Å². The van der Waals surface area contributed by atoms with Crippen LogP contribution in [0.15, 0.2) is 36.4 Å². The van der Waals surface area contributed by atoms with E-state index in [1.54, 1.807) is 6.07 Å². The molecule has 8 heteroatoms. The van der Waals surface area contributed by atoms with Gasteiger partial charge < -0.3 is 15.2 Å². The van der Waals surface area contributed by atoms with Crippen molar-refractivity contribution < 1.29 is 9.18 Å². The van der Waals surface area contributed by atoms with E-state index in [4.69, 9.17) is 0 Å². The fraction of sp³-hybridized carbons (Fsp3) is 0.364. The summed E-state index contributed by atoms with van der Waals surface area (Å²) in [6.07, 6.45) is 1.28. The fourth-order valence-electron chi connectivity index (χ4n) is 3.38. The number of imidazole rings is 1. The number of fused-ring (bicyclic) bond motifs is 1. The summed E-state index contributed by atoms with van der Waals surface area (Å²) in [5, 5.41) is 6.02. The SMILES string of the molecule is CNCCCC(=O)Nc1ccc(-c2nc3cc(F)ccc3n2C(C)C)cc1C.Cl.Cl. The van der Waals surface area contributed by atoms with E-state index in [2.05, 4.69) is 34.0 Å². The summed E-state index contributed by atoms with van der Waals surface area (Å²) in [6, 6.07) is 10.7. The van der Waals surface area contributed by atoms with Gasteiger partial charge in [0.1, 0.15) is 11.6 Å². The minimum absolute atomic E-state index is 0. The quantitative estimate of drug-likeness (QED) is 0.462. The monoisotopic (exact) mass is 454 g/mol. The van der Waals surface area contributed by atoms with Crippen LogP contribution in [-0.4, -0.2) is 29.1 Å². The highest BCUT2D eigenvalue weighted by Gasteiger charge is 2.16. The molecule has 0 aliphatic rings. The molecule has 0 spiro atoms. The number of nitrogens with one attached hydrogen (secondary N) is 2. The lowest BCUT2D eigenvalue weighted by atomic mass is 10.1. The Morgan fingerprint density at radius 1 is 1.17 bits per heavy atom. The van der Waals surface area contributed by atoms with Gasteiger partial charge in [-0.05, 0) is 76.7 Å². The van der Waals surface area contributed by atoms with Gasteiger partial charge >= 0.3 is 0 Å². The van der Waals surface area contributed by atoms with Crippen molar-refractivity contribution >= 4 is 47.4 Å². The van der Waals surface area contributed by atoms with E-state index in [1.807, 2.05) is 32.2 Å². The number of nitrogens with zero attached hydrogens (tertiary/aromatic N) is 2. The summed E-state index contributed by atoms with van der Waals surface area (Å²) < 4.78 is 15.7. The number of aromatic nitrogens is 2. The number of benzene rings is 2. The van der Waals surface area contributed by atoms with Gasteiger partial charge in [-0.25, -0.2) is 9.37 Å². The Hall–Kier alpha value is -2.15. The molecule has 0 fully saturated rings. The molecule has 1 aromatic heterocycles. The van der Waals surface area contributed by atoms with E-state index in [0.717, 1.165) is 41.1 Å². The molecule has 2 N–H and O–H groups in total. The first kappa shape index (κ1) is 25.9. The molecule has 0 aliphatic carbocycles. The molecule has 0 atom stereocenters. The van der Waals surface area contributed by atoms with Crippen molar-refractivity contribution in [2.24, 2.45) is 0 Å². The van der Waals surface area contributed by atoms with Crippen LogP contribution >= 0.6 is 24.8 Å². The van der Waals surface area contributed by atoms with Crippen LogP contribution in [0, 0.1) is 12.7 Å². The predicted molar refractivity (Wildman–Crippen MR) is 127 cm³/mol. The highest BCUT2D eigenvalue weighted by molar-refractivity contribution is 5.92. The van der Waals surface area contributed by atoms with Gasteiger partial charge in [-0.2, -0.15) is 0 Å². The number of hydrogen-bond donors (Lipinski definition) is 2. The molecule has 0 unspecified atom stereocenters. The molecule has 3 rings (SSSR count). The minimum Gasteiger partial charge on any atom is -0.326 e. The molecule has 0 saturated carbocycles. The zero-order valence-electron chi connectivity index (χ0n) is 17.7. The van der Waals surface area contributed by atoms with Crippen LogP contribution in [0.3, 0.4) is 0 Å². The zero-order valence-corrected chi connectivity index (χ0v) is 19.3. The number of hydrogen-bond acceptors (Lipinski definition) is 3. The first-order chi connectivity index (χ1) is 13.4. The van der Waals surface area contributed by atoms with Gasteiger partial charge in [0.05, 0.1) is 11.0 Å². The van der Waals surface area contributed by atoms with Crippen molar-refractivity contribution in [3.05, 3.63) is 47.8 Å². The van der Waals surface area contributed by atoms with Crippen molar-refractivity contribution in [1.82, 2.24) is 14.9 Å². The van der Waals surface area contributed by atoms with Crippen molar-refractivity contribution in [2.45, 2.75) is 39.7 Å². The standard InChI is InChI=1S/C22H27FN4O.2ClH/c1-14(2)27-20-10-8-17(23)13-19(20)26-22(27)16-7-9-18(15(3)12-16)25-21(28)6-5-11-24-4;;/h7-10,12-14,24H,5-6,11H2,1-4H3,(H,25,28);2*1H. The summed E-state index contributed by atoms with van der Waals surface area (Å²) in [5.74, 6) is 0.515. The molecule has 30 heavy (non-hydrogen) atoms. The Morgan fingerprint density at radius 2 is 1.90 bits per heavy atom. The normalized spacial score (nSPS) is 10.6. The maximum Gasteiger partial charge on any atom is 0.224 e. The highest BCUT2D eigenvalue weighted by atomic mass is 35.5. The van der Waals surface area contributed by atoms with Crippen LogP contribution < -0.4 is 10.6 Å². The van der Waals surface area contributed by atoms with Crippen molar-refractivity contribution in [3.8, 4) is 11.4 Å². The summed E-state index contributed by atoms with van der Waals surface area (Å²) >= 11 is 0. The second-order valence-corrected chi connectivity index (χ2v) is 7.32. The molecular formula is C22H29Cl2FN4O. The molecule has 0 aliphatic heterocycles. The van der Waals surface area contributed by atoms with Gasteiger partial charge in [-0.15, -0.1) is 24.8 Å². The zero-order chi connectivity index (χ0) is 20.3. The van der Waals surface area contributed by atoms with E-state index in [9.17, 15) is 9.18 Å². The first-order valence-electron chi connectivity index (χ1n) is 9.63. The van der Waals surface area contributed by atoms with Crippen molar-refractivity contribution in [2.75, 3.05) is 18.9 Å². The number of aryl methyl sites for hydroxylation is 1. The average molecular weight is 455 g/mol. The van der Waals surface area contributed by atoms with Crippen LogP contribution in [0.5, 0.6) is 0 Å². The third kappa shape index (κ3) is 5.72. The highest BCUT2D eigenvalue weighted by Crippen LogP contribution is 2.31. The van der Waals surface area contributed by atoms with Gasteiger partial charge in [0.15, 0.2) is 0 Å².